The van der Waals surface area contributed by atoms with Gasteiger partial charge in [-0.15, -0.1) is 0 Å². The largest absolute Gasteiger partial charge is 0.493 e. The molecule has 10 heteroatoms. The molecule has 0 aliphatic heterocycles. The summed E-state index contributed by atoms with van der Waals surface area (Å²) in [6.45, 7) is 5.91. The molecule has 0 atom stereocenters. The second-order valence-corrected chi connectivity index (χ2v) is 8.04. The zero-order valence-corrected chi connectivity index (χ0v) is 21.8. The van der Waals surface area contributed by atoms with Crippen LogP contribution in [0.3, 0.4) is 0 Å². The minimum atomic E-state index is -0.445. The maximum absolute atomic E-state index is 12.6. The number of carbonyl (C=O) groups excluding carboxylic acids is 2. The lowest BCUT2D eigenvalue weighted by atomic mass is 10.2. The highest BCUT2D eigenvalue weighted by atomic mass is 35.5. The lowest BCUT2D eigenvalue weighted by Gasteiger charge is -2.13. The van der Waals surface area contributed by atoms with E-state index in [0.29, 0.717) is 47.3 Å². The molecule has 3 aromatic carbocycles. The van der Waals surface area contributed by atoms with E-state index in [2.05, 4.69) is 22.4 Å². The van der Waals surface area contributed by atoms with E-state index in [-0.39, 0.29) is 23.3 Å². The predicted molar refractivity (Wildman–Crippen MR) is 147 cm³/mol. The molecule has 9 nitrogen and oxygen atoms in total. The molecule has 0 unspecified atom stereocenters. The fourth-order valence-corrected chi connectivity index (χ4v) is 3.50. The molecule has 38 heavy (non-hydrogen) atoms. The fourth-order valence-electron chi connectivity index (χ4n) is 3.23. The highest BCUT2D eigenvalue weighted by Gasteiger charge is 2.14. The molecule has 0 radical (unpaired) electrons. The van der Waals surface area contributed by atoms with E-state index >= 15 is 0 Å². The summed E-state index contributed by atoms with van der Waals surface area (Å²) in [5.41, 5.74) is 3.99. The summed E-state index contributed by atoms with van der Waals surface area (Å²) in [4.78, 5) is 24.8. The Bertz CT molecular complexity index is 1300. The molecule has 0 bridgehead atoms. The number of anilines is 1. The van der Waals surface area contributed by atoms with Crippen molar-refractivity contribution in [2.75, 3.05) is 32.2 Å². The summed E-state index contributed by atoms with van der Waals surface area (Å²) in [7, 11) is 1.45. The first-order chi connectivity index (χ1) is 18.4. The molecule has 0 aliphatic carbocycles. The van der Waals surface area contributed by atoms with Gasteiger partial charge in [-0.05, 0) is 55.0 Å². The van der Waals surface area contributed by atoms with Gasteiger partial charge in [0.2, 0.25) is 0 Å². The summed E-state index contributed by atoms with van der Waals surface area (Å²) >= 11 is 6.37. The van der Waals surface area contributed by atoms with Gasteiger partial charge in [0, 0.05) is 11.3 Å². The topological polar surface area (TPSA) is 107 Å². The van der Waals surface area contributed by atoms with Crippen molar-refractivity contribution in [3.63, 3.8) is 0 Å². The van der Waals surface area contributed by atoms with Crippen LogP contribution in [0.15, 0.2) is 78.4 Å². The number of rotatable bonds is 13. The quantitative estimate of drug-likeness (QED) is 0.178. The Hall–Kier alpha value is -4.50. The zero-order chi connectivity index (χ0) is 27.3. The van der Waals surface area contributed by atoms with Crippen LogP contribution in [0.25, 0.3) is 0 Å². The van der Waals surface area contributed by atoms with Crippen LogP contribution in [-0.2, 0) is 4.79 Å². The third-order valence-corrected chi connectivity index (χ3v) is 5.18. The lowest BCUT2D eigenvalue weighted by Crippen LogP contribution is -2.20. The number of benzene rings is 3. The summed E-state index contributed by atoms with van der Waals surface area (Å²) in [5.74, 6) is 0.661. The average Bonchev–Trinajstić information content (AvgIpc) is 2.92. The van der Waals surface area contributed by atoms with Gasteiger partial charge in [0.25, 0.3) is 11.8 Å². The van der Waals surface area contributed by atoms with E-state index in [0.717, 1.165) is 0 Å². The van der Waals surface area contributed by atoms with Crippen LogP contribution < -0.4 is 29.7 Å². The van der Waals surface area contributed by atoms with Crippen molar-refractivity contribution in [2.45, 2.75) is 6.92 Å². The van der Waals surface area contributed by atoms with E-state index in [1.165, 1.54) is 13.3 Å². The Morgan fingerprint density at radius 2 is 1.79 bits per heavy atom. The minimum Gasteiger partial charge on any atom is -0.493 e. The van der Waals surface area contributed by atoms with E-state index < -0.39 is 5.91 Å². The predicted octanol–water partition coefficient (Wildman–Crippen LogP) is 5.09. The smallest absolute Gasteiger partial charge is 0.271 e. The van der Waals surface area contributed by atoms with E-state index in [4.69, 9.17) is 30.5 Å². The molecule has 0 saturated carbocycles. The van der Waals surface area contributed by atoms with Gasteiger partial charge in [0.1, 0.15) is 6.61 Å². The summed E-state index contributed by atoms with van der Waals surface area (Å²) in [5, 5.41) is 6.94. The number of carbonyl (C=O) groups is 2. The van der Waals surface area contributed by atoms with E-state index in [1.54, 1.807) is 48.5 Å². The lowest BCUT2D eigenvalue weighted by molar-refractivity contribution is -0.118. The SMILES string of the molecule is C=CCOc1ccc(C(=O)N/N=C/c2cc(Cl)c(OCC(=O)Nc3ccccc3)c(OC)c2)cc1OCC. The van der Waals surface area contributed by atoms with Crippen molar-refractivity contribution in [1.82, 2.24) is 5.43 Å². The number of para-hydroxylation sites is 1. The molecular weight excluding hydrogens is 510 g/mol. The average molecular weight is 538 g/mol. The van der Waals surface area contributed by atoms with E-state index in [1.807, 2.05) is 25.1 Å². The van der Waals surface area contributed by atoms with Gasteiger partial charge in [-0.3, -0.25) is 9.59 Å². The minimum absolute atomic E-state index is 0.209. The normalized spacial score (nSPS) is 10.5. The highest BCUT2D eigenvalue weighted by molar-refractivity contribution is 6.32. The maximum atomic E-state index is 12.6. The van der Waals surface area contributed by atoms with Crippen molar-refractivity contribution in [1.29, 1.82) is 0 Å². The molecule has 0 saturated heterocycles. The number of halogens is 1. The molecule has 2 N–H and O–H groups in total. The fraction of sp³-hybridized carbons (Fsp3) is 0.179. The Balaban J connectivity index is 1.64. The summed E-state index contributed by atoms with van der Waals surface area (Å²) in [6.07, 6.45) is 3.02. The monoisotopic (exact) mass is 537 g/mol. The highest BCUT2D eigenvalue weighted by Crippen LogP contribution is 2.36. The first-order valence-electron chi connectivity index (χ1n) is 11.6. The zero-order valence-electron chi connectivity index (χ0n) is 21.0. The molecule has 3 rings (SSSR count). The van der Waals surface area contributed by atoms with Crippen molar-refractivity contribution >= 4 is 35.3 Å². The van der Waals surface area contributed by atoms with Crippen molar-refractivity contribution in [3.05, 3.63) is 89.5 Å². The van der Waals surface area contributed by atoms with Gasteiger partial charge < -0.3 is 24.3 Å². The van der Waals surface area contributed by atoms with Crippen LogP contribution in [0.1, 0.15) is 22.8 Å². The van der Waals surface area contributed by atoms with Gasteiger partial charge in [-0.25, -0.2) is 5.43 Å². The second-order valence-electron chi connectivity index (χ2n) is 7.63. The van der Waals surface area contributed by atoms with Crippen molar-refractivity contribution < 1.29 is 28.5 Å². The molecular formula is C28H28ClN3O6. The van der Waals surface area contributed by atoms with Crippen LogP contribution in [0, 0.1) is 0 Å². The Labute approximate surface area is 226 Å². The van der Waals surface area contributed by atoms with Crippen LogP contribution in [0.4, 0.5) is 5.69 Å². The summed E-state index contributed by atoms with van der Waals surface area (Å²) in [6, 6.07) is 17.0. The van der Waals surface area contributed by atoms with E-state index in [9.17, 15) is 9.59 Å². The van der Waals surface area contributed by atoms with Crippen LogP contribution in [-0.4, -0.2) is 45.0 Å². The van der Waals surface area contributed by atoms with Crippen molar-refractivity contribution in [3.8, 4) is 23.0 Å². The van der Waals surface area contributed by atoms with Gasteiger partial charge in [0.05, 0.1) is 25.0 Å². The van der Waals surface area contributed by atoms with Crippen molar-refractivity contribution in [2.24, 2.45) is 5.10 Å². The third-order valence-electron chi connectivity index (χ3n) is 4.90. The molecule has 2 amide bonds. The molecule has 0 fully saturated rings. The molecule has 198 valence electrons. The Kier molecular flexibility index (Phi) is 10.6. The molecule has 0 spiro atoms. The number of hydrogen-bond acceptors (Lipinski definition) is 7. The molecule has 3 aromatic rings. The number of nitrogens with one attached hydrogen (secondary N) is 2. The van der Waals surface area contributed by atoms with Crippen LogP contribution in [0.5, 0.6) is 23.0 Å². The number of hydrazone groups is 1. The van der Waals surface area contributed by atoms with Gasteiger partial charge >= 0.3 is 0 Å². The van der Waals surface area contributed by atoms with Gasteiger partial charge in [0.15, 0.2) is 29.6 Å². The second kappa shape index (κ2) is 14.3. The molecule has 0 aliphatic rings. The van der Waals surface area contributed by atoms with Gasteiger partial charge in [-0.1, -0.05) is 42.5 Å². The molecule has 0 heterocycles. The summed E-state index contributed by atoms with van der Waals surface area (Å²) < 4.78 is 22.1. The number of ether oxygens (including phenoxy) is 4. The number of nitrogens with zero attached hydrogens (tertiary/aromatic N) is 1. The number of methoxy groups -OCH3 is 1. The first-order valence-corrected chi connectivity index (χ1v) is 12.0. The number of hydrogen-bond donors (Lipinski definition) is 2. The van der Waals surface area contributed by atoms with Crippen LogP contribution in [0.2, 0.25) is 5.02 Å². The van der Waals surface area contributed by atoms with Gasteiger partial charge in [-0.2, -0.15) is 5.10 Å². The Morgan fingerprint density at radius 3 is 2.50 bits per heavy atom. The Morgan fingerprint density at radius 1 is 1.00 bits per heavy atom. The first kappa shape index (κ1) is 28.1. The van der Waals surface area contributed by atoms with Crippen LogP contribution >= 0.6 is 11.6 Å². The molecule has 0 aromatic heterocycles. The number of amides is 2. The standard InChI is InChI=1S/C28H28ClN3O6/c1-4-13-37-23-12-11-20(16-24(23)36-5-2)28(34)32-30-17-19-14-22(29)27(25(15-19)35-3)38-18-26(33)31-21-9-7-6-8-10-21/h4,6-12,14-17H,1,5,13,18H2,2-3H3,(H,31,33)(H,32,34)/b30-17+. The maximum Gasteiger partial charge on any atom is 0.271 e. The third kappa shape index (κ3) is 8.01.